The molecule has 3 rings (SSSR count). The number of aryl methyl sites for hydroxylation is 1. The van der Waals surface area contributed by atoms with Crippen molar-refractivity contribution >= 4 is 17.7 Å². The molecule has 0 aliphatic carbocycles. The van der Waals surface area contributed by atoms with Crippen LogP contribution in [-0.2, 0) is 4.79 Å². The Morgan fingerprint density at radius 2 is 2.00 bits per heavy atom. The SMILES string of the molecule is Cc1cnc(C(O)NC2CCN(c3ccccc3/C=C/C(=O)NO)CC2)cn1. The number of nitrogens with one attached hydrogen (secondary N) is 2. The molecule has 1 unspecified atom stereocenters. The Bertz CT molecular complexity index is 817. The van der Waals surface area contributed by atoms with Crippen molar-refractivity contribution in [1.82, 2.24) is 20.8 Å². The number of hydroxylamine groups is 1. The third-order valence-corrected chi connectivity index (χ3v) is 4.77. The van der Waals surface area contributed by atoms with Crippen LogP contribution in [0.15, 0.2) is 42.7 Å². The van der Waals surface area contributed by atoms with E-state index in [4.69, 9.17) is 5.21 Å². The number of carbonyl (C=O) groups is 1. The van der Waals surface area contributed by atoms with Gasteiger partial charge in [-0.3, -0.25) is 25.3 Å². The van der Waals surface area contributed by atoms with Gasteiger partial charge in [0.05, 0.1) is 11.9 Å². The zero-order valence-corrected chi connectivity index (χ0v) is 15.7. The first-order chi connectivity index (χ1) is 13.6. The molecule has 1 aromatic carbocycles. The molecule has 1 fully saturated rings. The number of benzene rings is 1. The molecule has 148 valence electrons. The Balaban J connectivity index is 1.59. The third kappa shape index (κ3) is 5.13. The lowest BCUT2D eigenvalue weighted by Gasteiger charge is -2.35. The van der Waals surface area contributed by atoms with Gasteiger partial charge in [-0.25, -0.2) is 5.48 Å². The number of para-hydroxylation sites is 1. The fraction of sp³-hybridized carbons (Fsp3) is 0.350. The van der Waals surface area contributed by atoms with Crippen LogP contribution in [0.25, 0.3) is 6.08 Å². The van der Waals surface area contributed by atoms with Crippen molar-refractivity contribution in [3.05, 3.63) is 59.7 Å². The summed E-state index contributed by atoms with van der Waals surface area (Å²) in [5.74, 6) is -0.564. The van der Waals surface area contributed by atoms with Crippen LogP contribution in [0, 0.1) is 6.92 Å². The van der Waals surface area contributed by atoms with Crippen LogP contribution in [0.5, 0.6) is 0 Å². The highest BCUT2D eigenvalue weighted by Crippen LogP contribution is 2.26. The lowest BCUT2D eigenvalue weighted by atomic mass is 10.0. The summed E-state index contributed by atoms with van der Waals surface area (Å²) >= 11 is 0. The highest BCUT2D eigenvalue weighted by atomic mass is 16.5. The van der Waals surface area contributed by atoms with Crippen LogP contribution in [0.2, 0.25) is 0 Å². The summed E-state index contributed by atoms with van der Waals surface area (Å²) in [6.45, 7) is 3.50. The van der Waals surface area contributed by atoms with Crippen molar-refractivity contribution < 1.29 is 15.1 Å². The minimum atomic E-state index is -0.836. The Labute approximate surface area is 163 Å². The summed E-state index contributed by atoms with van der Waals surface area (Å²) in [5.41, 5.74) is 4.87. The van der Waals surface area contributed by atoms with Gasteiger partial charge in [-0.15, -0.1) is 0 Å². The van der Waals surface area contributed by atoms with Crippen LogP contribution in [0.1, 0.15) is 36.0 Å². The van der Waals surface area contributed by atoms with Crippen LogP contribution >= 0.6 is 0 Å². The Kier molecular flexibility index (Phi) is 6.70. The average molecular weight is 383 g/mol. The van der Waals surface area contributed by atoms with Crippen molar-refractivity contribution in [2.24, 2.45) is 0 Å². The molecule has 2 aromatic rings. The standard InChI is InChI=1S/C20H25N5O3/c1-14-12-22-17(13-21-14)20(27)23-16-8-10-25(11-9-16)18-5-3-2-4-15(18)6-7-19(26)24-28/h2-7,12-13,16,20,23,27-28H,8-11H2,1H3,(H,24,26)/b7-6+. The van der Waals surface area contributed by atoms with Crippen LogP contribution in [0.3, 0.4) is 0 Å². The van der Waals surface area contributed by atoms with Crippen molar-refractivity contribution in [2.45, 2.75) is 32.0 Å². The number of piperidine rings is 1. The van der Waals surface area contributed by atoms with E-state index in [1.165, 1.54) is 6.08 Å². The van der Waals surface area contributed by atoms with Gasteiger partial charge >= 0.3 is 0 Å². The van der Waals surface area contributed by atoms with Gasteiger partial charge in [0, 0.05) is 37.1 Å². The molecule has 0 bridgehead atoms. The van der Waals surface area contributed by atoms with E-state index in [1.807, 2.05) is 31.2 Å². The second kappa shape index (κ2) is 9.41. The molecule has 1 atom stereocenters. The van der Waals surface area contributed by atoms with E-state index in [9.17, 15) is 9.90 Å². The van der Waals surface area contributed by atoms with Gasteiger partial charge in [-0.1, -0.05) is 18.2 Å². The number of hydrogen-bond donors (Lipinski definition) is 4. The number of aliphatic hydroxyl groups excluding tert-OH is 1. The number of anilines is 1. The second-order valence-corrected chi connectivity index (χ2v) is 6.78. The second-order valence-electron chi connectivity index (χ2n) is 6.78. The van der Waals surface area contributed by atoms with Gasteiger partial charge in [0.25, 0.3) is 5.91 Å². The van der Waals surface area contributed by atoms with E-state index in [0.29, 0.717) is 5.69 Å². The van der Waals surface area contributed by atoms with E-state index >= 15 is 0 Å². The van der Waals surface area contributed by atoms with Gasteiger partial charge in [-0.2, -0.15) is 0 Å². The van der Waals surface area contributed by atoms with E-state index in [-0.39, 0.29) is 6.04 Å². The first-order valence-electron chi connectivity index (χ1n) is 9.25. The zero-order chi connectivity index (χ0) is 19.9. The summed E-state index contributed by atoms with van der Waals surface area (Å²) in [4.78, 5) is 21.9. The lowest BCUT2D eigenvalue weighted by Crippen LogP contribution is -2.44. The zero-order valence-electron chi connectivity index (χ0n) is 15.7. The summed E-state index contributed by atoms with van der Waals surface area (Å²) in [7, 11) is 0. The summed E-state index contributed by atoms with van der Waals surface area (Å²) in [6.07, 6.45) is 7.11. The average Bonchev–Trinajstić information content (AvgIpc) is 2.73. The van der Waals surface area contributed by atoms with Crippen molar-refractivity contribution in [1.29, 1.82) is 0 Å². The van der Waals surface area contributed by atoms with Crippen molar-refractivity contribution in [3.63, 3.8) is 0 Å². The Morgan fingerprint density at radius 3 is 2.68 bits per heavy atom. The van der Waals surface area contributed by atoms with E-state index in [1.54, 1.807) is 23.9 Å². The molecule has 1 aliphatic rings. The predicted octanol–water partition coefficient (Wildman–Crippen LogP) is 1.55. The topological polar surface area (TPSA) is 111 Å². The molecule has 1 amide bonds. The van der Waals surface area contributed by atoms with E-state index in [2.05, 4.69) is 20.2 Å². The third-order valence-electron chi connectivity index (χ3n) is 4.77. The molecule has 28 heavy (non-hydrogen) atoms. The fourth-order valence-corrected chi connectivity index (χ4v) is 3.26. The van der Waals surface area contributed by atoms with Crippen LogP contribution in [0.4, 0.5) is 5.69 Å². The molecule has 0 radical (unpaired) electrons. The Hall–Kier alpha value is -2.81. The predicted molar refractivity (Wildman–Crippen MR) is 106 cm³/mol. The molecular weight excluding hydrogens is 358 g/mol. The number of aliphatic hydroxyl groups is 1. The first-order valence-corrected chi connectivity index (χ1v) is 9.25. The van der Waals surface area contributed by atoms with E-state index < -0.39 is 12.1 Å². The number of carbonyl (C=O) groups excluding carboxylic acids is 1. The highest BCUT2D eigenvalue weighted by Gasteiger charge is 2.23. The molecule has 4 N–H and O–H groups in total. The van der Waals surface area contributed by atoms with Gasteiger partial charge < -0.3 is 10.0 Å². The van der Waals surface area contributed by atoms with E-state index in [0.717, 1.165) is 42.9 Å². The number of rotatable bonds is 6. The molecule has 0 spiro atoms. The normalized spacial score (nSPS) is 16.3. The molecule has 2 heterocycles. The summed E-state index contributed by atoms with van der Waals surface area (Å²) in [5, 5.41) is 22.2. The van der Waals surface area contributed by atoms with Gasteiger partial charge in [-0.05, 0) is 37.5 Å². The summed E-state index contributed by atoms with van der Waals surface area (Å²) in [6, 6.07) is 8.00. The van der Waals surface area contributed by atoms with Gasteiger partial charge in [0.1, 0.15) is 11.9 Å². The maximum absolute atomic E-state index is 11.3. The molecule has 1 saturated heterocycles. The molecule has 1 aliphatic heterocycles. The van der Waals surface area contributed by atoms with Crippen LogP contribution < -0.4 is 15.7 Å². The van der Waals surface area contributed by atoms with Crippen LogP contribution in [-0.4, -0.2) is 45.3 Å². The maximum atomic E-state index is 11.3. The molecule has 1 aromatic heterocycles. The van der Waals surface area contributed by atoms with Crippen molar-refractivity contribution in [2.75, 3.05) is 18.0 Å². The number of aromatic nitrogens is 2. The molecule has 8 heteroatoms. The number of hydrogen-bond acceptors (Lipinski definition) is 7. The minimum Gasteiger partial charge on any atom is -0.373 e. The first kappa shape index (κ1) is 19.9. The van der Waals surface area contributed by atoms with Gasteiger partial charge in [0.2, 0.25) is 0 Å². The maximum Gasteiger partial charge on any atom is 0.267 e. The highest BCUT2D eigenvalue weighted by molar-refractivity contribution is 5.91. The monoisotopic (exact) mass is 383 g/mol. The molecule has 0 saturated carbocycles. The number of nitrogens with zero attached hydrogens (tertiary/aromatic N) is 3. The smallest absolute Gasteiger partial charge is 0.267 e. The fourth-order valence-electron chi connectivity index (χ4n) is 3.26. The summed E-state index contributed by atoms with van der Waals surface area (Å²) < 4.78 is 0. The number of amides is 1. The van der Waals surface area contributed by atoms with Crippen molar-refractivity contribution in [3.8, 4) is 0 Å². The quantitative estimate of drug-likeness (QED) is 0.259. The largest absolute Gasteiger partial charge is 0.373 e. The van der Waals surface area contributed by atoms with Gasteiger partial charge in [0.15, 0.2) is 0 Å². The minimum absolute atomic E-state index is 0.178. The Morgan fingerprint density at radius 1 is 1.25 bits per heavy atom. The molecule has 8 nitrogen and oxygen atoms in total. The lowest BCUT2D eigenvalue weighted by molar-refractivity contribution is -0.124. The molecular formula is C20H25N5O3.